The van der Waals surface area contributed by atoms with E-state index in [9.17, 15) is 0 Å². The van der Waals surface area contributed by atoms with E-state index in [1.807, 2.05) is 11.8 Å². The van der Waals surface area contributed by atoms with Crippen LogP contribution in [-0.4, -0.2) is 24.5 Å². The van der Waals surface area contributed by atoms with Gasteiger partial charge in [-0.05, 0) is 6.54 Å². The first-order chi connectivity index (χ1) is 4.35. The highest BCUT2D eigenvalue weighted by Crippen LogP contribution is 1.82. The van der Waals surface area contributed by atoms with E-state index in [0.717, 1.165) is 6.54 Å². The largest absolute Gasteiger partial charge is 0.281 e. The molecule has 0 saturated carbocycles. The van der Waals surface area contributed by atoms with Crippen LogP contribution in [0.3, 0.4) is 0 Å². The monoisotopic (exact) mass is 157 g/mol. The molecule has 0 atom stereocenters. The fraction of sp³-hybridized carbons (Fsp3) is 0.500. The molecule has 0 unspecified atom stereocenters. The number of hydrogen-bond acceptors (Lipinski definition) is 1. The number of nitrogens with zero attached hydrogens (tertiary/aromatic N) is 1. The van der Waals surface area contributed by atoms with Crippen LogP contribution in [0.4, 0.5) is 0 Å². The van der Waals surface area contributed by atoms with Gasteiger partial charge in [-0.1, -0.05) is 18.8 Å². The molecule has 10 heavy (non-hydrogen) atoms. The molecule has 0 amide bonds. The first kappa shape index (κ1) is 12.1. The second-order valence-electron chi connectivity index (χ2n) is 1.71. The summed E-state index contributed by atoms with van der Waals surface area (Å²) in [6, 6.07) is 0. The lowest BCUT2D eigenvalue weighted by atomic mass is 10.5. The number of terminal acetylenes is 2. The van der Waals surface area contributed by atoms with Gasteiger partial charge in [0.1, 0.15) is 0 Å². The Balaban J connectivity index is 0. The van der Waals surface area contributed by atoms with Crippen LogP contribution in [0.25, 0.3) is 0 Å². The molecule has 1 nitrogen and oxygen atoms in total. The van der Waals surface area contributed by atoms with Gasteiger partial charge in [-0.25, -0.2) is 0 Å². The smallest absolute Gasteiger partial charge is 0.0607 e. The molecular formula is C8H12ClN. The minimum absolute atomic E-state index is 0. The average molecular weight is 158 g/mol. The van der Waals surface area contributed by atoms with Crippen molar-refractivity contribution in [2.75, 3.05) is 19.6 Å². The Labute approximate surface area is 69.2 Å². The minimum atomic E-state index is 0. The van der Waals surface area contributed by atoms with Crippen molar-refractivity contribution in [3.05, 3.63) is 0 Å². The van der Waals surface area contributed by atoms with Gasteiger partial charge in [0.15, 0.2) is 0 Å². The second kappa shape index (κ2) is 8.37. The Bertz CT molecular complexity index is 124. The van der Waals surface area contributed by atoms with E-state index in [1.54, 1.807) is 0 Å². The van der Waals surface area contributed by atoms with Crippen LogP contribution in [0.5, 0.6) is 0 Å². The zero-order valence-corrected chi connectivity index (χ0v) is 6.95. The summed E-state index contributed by atoms with van der Waals surface area (Å²) >= 11 is 0. The van der Waals surface area contributed by atoms with Crippen molar-refractivity contribution in [1.29, 1.82) is 0 Å². The van der Waals surface area contributed by atoms with Gasteiger partial charge in [0.25, 0.3) is 0 Å². The highest BCUT2D eigenvalue weighted by atomic mass is 35.5. The van der Waals surface area contributed by atoms with Gasteiger partial charge in [-0.2, -0.15) is 0 Å². The van der Waals surface area contributed by atoms with E-state index in [1.165, 1.54) is 0 Å². The predicted molar refractivity (Wildman–Crippen MR) is 47.0 cm³/mol. The molecule has 0 aromatic carbocycles. The molecule has 2 heteroatoms. The summed E-state index contributed by atoms with van der Waals surface area (Å²) in [6.07, 6.45) is 10.2. The Morgan fingerprint density at radius 2 is 1.60 bits per heavy atom. The van der Waals surface area contributed by atoms with E-state index < -0.39 is 0 Å². The SMILES string of the molecule is C#CCN(CC)CC#C.Cl. The van der Waals surface area contributed by atoms with Gasteiger partial charge in [0.05, 0.1) is 13.1 Å². The van der Waals surface area contributed by atoms with E-state index >= 15 is 0 Å². The van der Waals surface area contributed by atoms with Crippen molar-refractivity contribution in [2.24, 2.45) is 0 Å². The van der Waals surface area contributed by atoms with Crippen molar-refractivity contribution in [3.8, 4) is 24.7 Å². The maximum absolute atomic E-state index is 5.08. The number of hydrogen-bond donors (Lipinski definition) is 0. The molecule has 56 valence electrons. The lowest BCUT2D eigenvalue weighted by Crippen LogP contribution is -2.23. The van der Waals surface area contributed by atoms with Crippen LogP contribution in [0.15, 0.2) is 0 Å². The number of halogens is 1. The number of rotatable bonds is 3. The quantitative estimate of drug-likeness (QED) is 0.553. The maximum atomic E-state index is 5.08. The van der Waals surface area contributed by atoms with Gasteiger partial charge >= 0.3 is 0 Å². The molecule has 0 radical (unpaired) electrons. The molecule has 0 aliphatic heterocycles. The molecule has 0 aromatic rings. The Kier molecular flexibility index (Phi) is 10.1. The lowest BCUT2D eigenvalue weighted by Gasteiger charge is -2.12. The van der Waals surface area contributed by atoms with Crippen molar-refractivity contribution in [3.63, 3.8) is 0 Å². The normalized spacial score (nSPS) is 7.60. The third kappa shape index (κ3) is 5.51. The van der Waals surface area contributed by atoms with E-state index in [0.29, 0.717) is 13.1 Å². The maximum Gasteiger partial charge on any atom is 0.0607 e. The molecule has 0 saturated heterocycles. The zero-order chi connectivity index (χ0) is 7.11. The molecule has 0 aliphatic rings. The average Bonchev–Trinajstić information content (AvgIpc) is 1.88. The lowest BCUT2D eigenvalue weighted by molar-refractivity contribution is 0.365. The highest BCUT2D eigenvalue weighted by Gasteiger charge is 1.93. The molecule has 0 rings (SSSR count). The van der Waals surface area contributed by atoms with Crippen molar-refractivity contribution in [1.82, 2.24) is 4.90 Å². The van der Waals surface area contributed by atoms with Crippen LogP contribution in [0, 0.1) is 24.7 Å². The van der Waals surface area contributed by atoms with Gasteiger partial charge in [0.2, 0.25) is 0 Å². The van der Waals surface area contributed by atoms with Crippen molar-refractivity contribution in [2.45, 2.75) is 6.92 Å². The van der Waals surface area contributed by atoms with Crippen LogP contribution in [0.2, 0.25) is 0 Å². The Morgan fingerprint density at radius 3 is 1.80 bits per heavy atom. The Morgan fingerprint density at radius 1 is 1.20 bits per heavy atom. The summed E-state index contributed by atoms with van der Waals surface area (Å²) in [5.74, 6) is 5.07. The molecule has 0 spiro atoms. The first-order valence-electron chi connectivity index (χ1n) is 2.94. The van der Waals surface area contributed by atoms with Crippen LogP contribution < -0.4 is 0 Å². The summed E-state index contributed by atoms with van der Waals surface area (Å²) in [6.45, 7) is 4.27. The van der Waals surface area contributed by atoms with Crippen molar-refractivity contribution >= 4 is 12.4 Å². The summed E-state index contributed by atoms with van der Waals surface area (Å²) in [5.41, 5.74) is 0. The summed E-state index contributed by atoms with van der Waals surface area (Å²) in [5, 5.41) is 0. The fourth-order valence-electron chi connectivity index (χ4n) is 0.538. The molecule has 0 bridgehead atoms. The standard InChI is InChI=1S/C8H11N.ClH/c1-4-7-9(6-3)8-5-2;/h1-2H,6-8H2,3H3;1H. The summed E-state index contributed by atoms with van der Waals surface area (Å²) in [4.78, 5) is 2.01. The summed E-state index contributed by atoms with van der Waals surface area (Å²) in [7, 11) is 0. The molecule has 0 N–H and O–H groups in total. The van der Waals surface area contributed by atoms with Gasteiger partial charge < -0.3 is 0 Å². The molecular weight excluding hydrogens is 146 g/mol. The second-order valence-corrected chi connectivity index (χ2v) is 1.71. The van der Waals surface area contributed by atoms with Gasteiger partial charge in [0, 0.05) is 0 Å². The highest BCUT2D eigenvalue weighted by molar-refractivity contribution is 5.85. The van der Waals surface area contributed by atoms with Crippen LogP contribution in [0.1, 0.15) is 6.92 Å². The third-order valence-electron chi connectivity index (χ3n) is 1.08. The van der Waals surface area contributed by atoms with Crippen LogP contribution >= 0.6 is 12.4 Å². The minimum Gasteiger partial charge on any atom is -0.281 e. The summed E-state index contributed by atoms with van der Waals surface area (Å²) < 4.78 is 0. The topological polar surface area (TPSA) is 3.24 Å². The molecule has 0 fully saturated rings. The molecule has 0 aliphatic carbocycles. The Hall–Kier alpha value is -0.630. The predicted octanol–water partition coefficient (Wildman–Crippen LogP) is 0.997. The molecule has 0 heterocycles. The third-order valence-corrected chi connectivity index (χ3v) is 1.08. The van der Waals surface area contributed by atoms with Gasteiger partial charge in [-0.15, -0.1) is 25.3 Å². The van der Waals surface area contributed by atoms with Crippen molar-refractivity contribution < 1.29 is 0 Å². The van der Waals surface area contributed by atoms with E-state index in [2.05, 4.69) is 11.8 Å². The van der Waals surface area contributed by atoms with Crippen LogP contribution in [-0.2, 0) is 0 Å². The first-order valence-corrected chi connectivity index (χ1v) is 2.94. The molecule has 0 aromatic heterocycles. The van der Waals surface area contributed by atoms with E-state index in [4.69, 9.17) is 12.8 Å². The fourth-order valence-corrected chi connectivity index (χ4v) is 0.538. The van der Waals surface area contributed by atoms with Gasteiger partial charge in [-0.3, -0.25) is 4.90 Å². The zero-order valence-electron chi connectivity index (χ0n) is 6.13. The van der Waals surface area contributed by atoms with E-state index in [-0.39, 0.29) is 12.4 Å².